The summed E-state index contributed by atoms with van der Waals surface area (Å²) in [6.07, 6.45) is 1.86. The molecule has 0 aliphatic carbocycles. The Kier molecular flexibility index (Phi) is 6.06. The molecule has 0 saturated heterocycles. The van der Waals surface area contributed by atoms with Crippen molar-refractivity contribution in [2.24, 2.45) is 0 Å². The van der Waals surface area contributed by atoms with E-state index in [-0.39, 0.29) is 20.9 Å². The molecule has 0 N–H and O–H groups in total. The topological polar surface area (TPSA) is 26.3 Å². The molecule has 0 saturated carbocycles. The maximum atomic E-state index is 12.1. The Morgan fingerprint density at radius 3 is 2.62 bits per heavy atom. The van der Waals surface area contributed by atoms with Gasteiger partial charge in [0.25, 0.3) is 0 Å². The fourth-order valence-electron chi connectivity index (χ4n) is 1.70. The number of hydrogen-bond donors (Lipinski definition) is 0. The SMILES string of the molecule is CCOC(=O)/C(=C/c1cccc(Cl)c1)[Se]c1ccccc1. The Labute approximate surface area is 135 Å². The zero-order valence-electron chi connectivity index (χ0n) is 11.6. The second kappa shape index (κ2) is 8.04. The number of rotatable bonds is 5. The van der Waals surface area contributed by atoms with Gasteiger partial charge in [-0.15, -0.1) is 0 Å². The number of esters is 1. The van der Waals surface area contributed by atoms with Crippen molar-refractivity contribution in [1.82, 2.24) is 0 Å². The van der Waals surface area contributed by atoms with Crippen LogP contribution in [0.3, 0.4) is 0 Å². The van der Waals surface area contributed by atoms with Gasteiger partial charge in [-0.2, -0.15) is 0 Å². The van der Waals surface area contributed by atoms with Crippen LogP contribution in [0.25, 0.3) is 6.08 Å². The van der Waals surface area contributed by atoms with Crippen LogP contribution < -0.4 is 4.46 Å². The molecule has 0 radical (unpaired) electrons. The minimum atomic E-state index is -0.263. The van der Waals surface area contributed by atoms with Crippen molar-refractivity contribution in [3.63, 3.8) is 0 Å². The van der Waals surface area contributed by atoms with Crippen molar-refractivity contribution in [2.75, 3.05) is 6.61 Å². The van der Waals surface area contributed by atoms with E-state index in [9.17, 15) is 4.79 Å². The van der Waals surface area contributed by atoms with Gasteiger partial charge in [0.1, 0.15) is 0 Å². The zero-order valence-corrected chi connectivity index (χ0v) is 14.1. The Balaban J connectivity index is 2.29. The molecular weight excluding hydrogens is 351 g/mol. The van der Waals surface area contributed by atoms with Crippen LogP contribution in [0.4, 0.5) is 0 Å². The zero-order chi connectivity index (χ0) is 15.1. The number of carbonyl (C=O) groups excluding carboxylic acids is 1. The third-order valence-electron chi connectivity index (χ3n) is 2.59. The molecule has 21 heavy (non-hydrogen) atoms. The van der Waals surface area contributed by atoms with Crippen molar-refractivity contribution in [2.45, 2.75) is 6.92 Å². The molecule has 0 amide bonds. The first-order valence-corrected chi connectivity index (χ1v) is 8.65. The minimum absolute atomic E-state index is 0.101. The van der Waals surface area contributed by atoms with E-state index in [1.165, 1.54) is 0 Å². The number of carbonyl (C=O) groups is 1. The van der Waals surface area contributed by atoms with Crippen LogP contribution in [0.15, 0.2) is 59.1 Å². The van der Waals surface area contributed by atoms with Crippen LogP contribution in [0.5, 0.6) is 0 Å². The fourth-order valence-corrected chi connectivity index (χ4v) is 3.75. The molecule has 0 unspecified atom stereocenters. The van der Waals surface area contributed by atoms with Gasteiger partial charge in [-0.05, 0) is 0 Å². The summed E-state index contributed by atoms with van der Waals surface area (Å²) in [5, 5.41) is 0.652. The van der Waals surface area contributed by atoms with Gasteiger partial charge in [0, 0.05) is 0 Å². The summed E-state index contributed by atoms with van der Waals surface area (Å²) in [5.41, 5.74) is 0.906. The van der Waals surface area contributed by atoms with Crippen molar-refractivity contribution in [3.8, 4) is 0 Å². The molecule has 0 spiro atoms. The van der Waals surface area contributed by atoms with Gasteiger partial charge in [-0.3, -0.25) is 0 Å². The number of ether oxygens (including phenoxy) is 1. The van der Waals surface area contributed by atoms with E-state index in [2.05, 4.69) is 0 Å². The van der Waals surface area contributed by atoms with E-state index in [4.69, 9.17) is 16.3 Å². The first kappa shape index (κ1) is 15.8. The van der Waals surface area contributed by atoms with Crippen molar-refractivity contribution in [3.05, 3.63) is 69.7 Å². The Morgan fingerprint density at radius 1 is 1.19 bits per heavy atom. The number of benzene rings is 2. The Hall–Kier alpha value is -1.54. The van der Waals surface area contributed by atoms with Crippen LogP contribution in [0.2, 0.25) is 5.02 Å². The van der Waals surface area contributed by atoms with Crippen molar-refractivity contribution < 1.29 is 9.53 Å². The predicted octanol–water partition coefficient (Wildman–Crippen LogP) is 3.27. The third-order valence-corrected chi connectivity index (χ3v) is 4.95. The number of halogens is 1. The van der Waals surface area contributed by atoms with Gasteiger partial charge in [-0.25, -0.2) is 0 Å². The summed E-state index contributed by atoms with van der Waals surface area (Å²) in [7, 11) is 0. The average Bonchev–Trinajstić information content (AvgIpc) is 2.48. The summed E-state index contributed by atoms with van der Waals surface area (Å²) in [6.45, 7) is 2.18. The first-order valence-electron chi connectivity index (χ1n) is 6.56. The standard InChI is InChI=1S/C17H15ClO2Se/c1-2-20-17(19)16(21-15-9-4-3-5-10-15)12-13-7-6-8-14(18)11-13/h3-12H,2H2,1H3/b16-12-. The molecule has 0 aliphatic rings. The summed E-state index contributed by atoms with van der Waals surface area (Å²) in [5.74, 6) is -0.263. The van der Waals surface area contributed by atoms with Crippen molar-refractivity contribution >= 4 is 43.1 Å². The Bertz CT molecular complexity index is 638. The molecule has 2 aromatic carbocycles. The monoisotopic (exact) mass is 366 g/mol. The molecule has 2 aromatic rings. The normalized spacial score (nSPS) is 11.2. The van der Waals surface area contributed by atoms with E-state index < -0.39 is 0 Å². The predicted molar refractivity (Wildman–Crippen MR) is 87.9 cm³/mol. The van der Waals surface area contributed by atoms with E-state index in [1.807, 2.05) is 67.6 Å². The third kappa shape index (κ3) is 5.05. The Morgan fingerprint density at radius 2 is 1.95 bits per heavy atom. The molecule has 0 atom stereocenters. The second-order valence-corrected chi connectivity index (χ2v) is 6.98. The van der Waals surface area contributed by atoms with E-state index in [1.54, 1.807) is 0 Å². The number of hydrogen-bond acceptors (Lipinski definition) is 2. The van der Waals surface area contributed by atoms with Gasteiger partial charge in [0.15, 0.2) is 0 Å². The van der Waals surface area contributed by atoms with E-state index >= 15 is 0 Å². The molecule has 0 aliphatic heterocycles. The van der Waals surface area contributed by atoms with Gasteiger partial charge < -0.3 is 0 Å². The van der Waals surface area contributed by atoms with Gasteiger partial charge in [0.2, 0.25) is 0 Å². The second-order valence-electron chi connectivity index (χ2n) is 4.20. The van der Waals surface area contributed by atoms with Crippen LogP contribution in [-0.4, -0.2) is 27.5 Å². The molecule has 0 fully saturated rings. The molecular formula is C17H15ClO2Se. The van der Waals surface area contributed by atoms with Gasteiger partial charge in [0.05, 0.1) is 0 Å². The van der Waals surface area contributed by atoms with E-state index in [0.29, 0.717) is 16.1 Å². The molecule has 108 valence electrons. The van der Waals surface area contributed by atoms with Gasteiger partial charge in [-0.1, -0.05) is 0 Å². The molecule has 0 heterocycles. The molecule has 0 bridgehead atoms. The molecule has 2 rings (SSSR count). The van der Waals surface area contributed by atoms with Crippen molar-refractivity contribution in [1.29, 1.82) is 0 Å². The summed E-state index contributed by atoms with van der Waals surface area (Å²) < 4.78 is 6.96. The van der Waals surface area contributed by atoms with Crippen LogP contribution in [-0.2, 0) is 9.53 Å². The fraction of sp³-hybridized carbons (Fsp3) is 0.118. The van der Waals surface area contributed by atoms with Crippen LogP contribution in [0, 0.1) is 0 Å². The molecule has 0 aromatic heterocycles. The summed E-state index contributed by atoms with van der Waals surface area (Å²) in [4.78, 5) is 12.1. The average molecular weight is 366 g/mol. The first-order chi connectivity index (χ1) is 10.2. The molecule has 2 nitrogen and oxygen atoms in total. The summed E-state index contributed by atoms with van der Waals surface area (Å²) in [6, 6.07) is 17.4. The van der Waals surface area contributed by atoms with E-state index in [0.717, 1.165) is 10.0 Å². The van der Waals surface area contributed by atoms with Gasteiger partial charge >= 0.3 is 136 Å². The quantitative estimate of drug-likeness (QED) is 0.462. The van der Waals surface area contributed by atoms with Crippen LogP contribution >= 0.6 is 11.6 Å². The summed E-state index contributed by atoms with van der Waals surface area (Å²) >= 11 is 5.89. The molecule has 4 heteroatoms. The maximum absolute atomic E-state index is 12.1. The van der Waals surface area contributed by atoms with Crippen LogP contribution in [0.1, 0.15) is 12.5 Å².